The van der Waals surface area contributed by atoms with Gasteiger partial charge < -0.3 is 24.4 Å². The van der Waals surface area contributed by atoms with E-state index in [-0.39, 0.29) is 13.2 Å². The van der Waals surface area contributed by atoms with Crippen LogP contribution in [0.1, 0.15) is 6.92 Å². The second kappa shape index (κ2) is 7.40. The first-order chi connectivity index (χ1) is 9.04. The second-order valence-electron chi connectivity index (χ2n) is 4.13. The molecule has 5 unspecified atom stereocenters. The highest BCUT2D eigenvalue weighted by Gasteiger charge is 2.41. The van der Waals surface area contributed by atoms with Crippen LogP contribution in [-0.2, 0) is 19.0 Å². The first-order valence-electron chi connectivity index (χ1n) is 6.10. The van der Waals surface area contributed by atoms with Crippen LogP contribution in [0.25, 0.3) is 0 Å². The molecule has 0 radical (unpaired) electrons. The lowest BCUT2D eigenvalue weighted by Crippen LogP contribution is -2.40. The quantitative estimate of drug-likeness (QED) is 0.509. The number of ether oxygens (including phenoxy) is 3. The van der Waals surface area contributed by atoms with Crippen LogP contribution in [0.4, 0.5) is 0 Å². The summed E-state index contributed by atoms with van der Waals surface area (Å²) in [7, 11) is 0. The van der Waals surface area contributed by atoms with Crippen LogP contribution in [0.3, 0.4) is 0 Å². The maximum absolute atomic E-state index is 11.9. The molecule has 0 spiro atoms. The molecule has 19 heavy (non-hydrogen) atoms. The molecule has 1 heterocycles. The van der Waals surface area contributed by atoms with Gasteiger partial charge in [0.05, 0.1) is 31.3 Å². The lowest BCUT2D eigenvalue weighted by molar-refractivity contribution is -0.209. The highest BCUT2D eigenvalue weighted by atomic mass is 16.8. The van der Waals surface area contributed by atoms with Gasteiger partial charge >= 0.3 is 5.97 Å². The number of aliphatic hydroxyl groups excluding tert-OH is 2. The molecule has 1 aliphatic heterocycles. The van der Waals surface area contributed by atoms with Gasteiger partial charge in [-0.15, -0.1) is 13.2 Å². The van der Waals surface area contributed by atoms with Crippen molar-refractivity contribution in [2.45, 2.75) is 25.6 Å². The Hall–Kier alpha value is -1.21. The predicted octanol–water partition coefficient (Wildman–Crippen LogP) is 0.206. The fraction of sp³-hybridized carbons (Fsp3) is 0.615. The third-order valence-corrected chi connectivity index (χ3v) is 2.98. The summed E-state index contributed by atoms with van der Waals surface area (Å²) < 4.78 is 14.9. The molecule has 6 nitrogen and oxygen atoms in total. The van der Waals surface area contributed by atoms with E-state index in [0.717, 1.165) is 0 Å². The summed E-state index contributed by atoms with van der Waals surface area (Å²) in [6.07, 6.45) is 1.07. The molecule has 1 rings (SSSR count). The van der Waals surface area contributed by atoms with E-state index in [2.05, 4.69) is 13.2 Å². The molecule has 0 aromatic rings. The molecule has 1 saturated heterocycles. The zero-order valence-corrected chi connectivity index (χ0v) is 10.9. The van der Waals surface area contributed by atoms with E-state index in [0.29, 0.717) is 0 Å². The molecule has 5 atom stereocenters. The average Bonchev–Trinajstić information content (AvgIpc) is 2.81. The lowest BCUT2D eigenvalue weighted by atomic mass is 9.83. The van der Waals surface area contributed by atoms with Gasteiger partial charge in [0.15, 0.2) is 0 Å². The van der Waals surface area contributed by atoms with E-state index < -0.39 is 36.5 Å². The monoisotopic (exact) mass is 272 g/mol. The van der Waals surface area contributed by atoms with Crippen LogP contribution >= 0.6 is 0 Å². The maximum atomic E-state index is 11.9. The minimum Gasteiger partial charge on any atom is -0.466 e. The fourth-order valence-corrected chi connectivity index (χ4v) is 2.05. The van der Waals surface area contributed by atoms with Gasteiger partial charge in [-0.3, -0.25) is 4.79 Å². The van der Waals surface area contributed by atoms with Crippen molar-refractivity contribution in [3.8, 4) is 0 Å². The Morgan fingerprint density at radius 1 is 1.53 bits per heavy atom. The Morgan fingerprint density at radius 3 is 2.63 bits per heavy atom. The number of hydrogen-bond acceptors (Lipinski definition) is 6. The third-order valence-electron chi connectivity index (χ3n) is 2.98. The molecule has 2 N–H and O–H groups in total. The first-order valence-corrected chi connectivity index (χ1v) is 6.10. The van der Waals surface area contributed by atoms with Gasteiger partial charge in [0.25, 0.3) is 6.48 Å². The summed E-state index contributed by atoms with van der Waals surface area (Å²) in [5, 5.41) is 19.1. The van der Waals surface area contributed by atoms with Crippen molar-refractivity contribution in [1.82, 2.24) is 0 Å². The standard InChI is InChI=1S/C13H20O6/c1-4-8(10-7-18-13(16)19-10)11(9(14)5-2)12(15)17-6-3/h4-5,8-11,13-14,16H,1-2,6-7H2,3H3. The fourth-order valence-electron chi connectivity index (χ4n) is 2.05. The van der Waals surface area contributed by atoms with Crippen molar-refractivity contribution in [1.29, 1.82) is 0 Å². The summed E-state index contributed by atoms with van der Waals surface area (Å²) in [6.45, 7) is 7.77. The van der Waals surface area contributed by atoms with E-state index in [1.807, 2.05) is 0 Å². The van der Waals surface area contributed by atoms with Crippen molar-refractivity contribution in [2.24, 2.45) is 11.8 Å². The number of rotatable bonds is 7. The van der Waals surface area contributed by atoms with E-state index in [1.54, 1.807) is 6.92 Å². The van der Waals surface area contributed by atoms with Crippen molar-refractivity contribution in [2.75, 3.05) is 13.2 Å². The molecule has 108 valence electrons. The summed E-state index contributed by atoms with van der Waals surface area (Å²) in [5.41, 5.74) is 0. The van der Waals surface area contributed by atoms with Gasteiger partial charge in [-0.25, -0.2) is 0 Å². The van der Waals surface area contributed by atoms with Gasteiger partial charge in [-0.05, 0) is 6.92 Å². The van der Waals surface area contributed by atoms with Crippen molar-refractivity contribution >= 4 is 5.97 Å². The largest absolute Gasteiger partial charge is 0.466 e. The van der Waals surface area contributed by atoms with Crippen LogP contribution in [0.2, 0.25) is 0 Å². The number of aliphatic hydroxyl groups is 2. The maximum Gasteiger partial charge on any atom is 0.312 e. The molecule has 0 bridgehead atoms. The molecular weight excluding hydrogens is 252 g/mol. The zero-order valence-electron chi connectivity index (χ0n) is 10.9. The molecule has 0 aromatic heterocycles. The van der Waals surface area contributed by atoms with Gasteiger partial charge in [0, 0.05) is 5.92 Å². The molecular formula is C13H20O6. The number of hydrogen-bond donors (Lipinski definition) is 2. The van der Waals surface area contributed by atoms with Crippen molar-refractivity contribution in [3.05, 3.63) is 25.3 Å². The molecule has 0 amide bonds. The molecule has 0 aromatic carbocycles. The van der Waals surface area contributed by atoms with E-state index >= 15 is 0 Å². The first kappa shape index (κ1) is 15.8. The average molecular weight is 272 g/mol. The highest BCUT2D eigenvalue weighted by molar-refractivity contribution is 5.74. The topological polar surface area (TPSA) is 85.2 Å². The summed E-state index contributed by atoms with van der Waals surface area (Å²) in [6, 6.07) is 0. The SMILES string of the molecule is C=CC(O)C(C(=O)OCC)C(C=C)C1COC(O)O1. The Labute approximate surface area is 112 Å². The minimum absolute atomic E-state index is 0.109. The molecule has 1 aliphatic rings. The Morgan fingerprint density at radius 2 is 2.21 bits per heavy atom. The molecule has 0 aliphatic carbocycles. The zero-order chi connectivity index (χ0) is 14.4. The minimum atomic E-state index is -1.32. The van der Waals surface area contributed by atoms with Crippen LogP contribution in [-0.4, -0.2) is 48.1 Å². The summed E-state index contributed by atoms with van der Waals surface area (Å²) in [4.78, 5) is 11.9. The molecule has 6 heteroatoms. The van der Waals surface area contributed by atoms with Crippen molar-refractivity contribution < 1.29 is 29.2 Å². The Bertz CT molecular complexity index is 329. The molecule has 1 fully saturated rings. The van der Waals surface area contributed by atoms with Crippen LogP contribution < -0.4 is 0 Å². The highest BCUT2D eigenvalue weighted by Crippen LogP contribution is 2.29. The third kappa shape index (κ3) is 3.87. The van der Waals surface area contributed by atoms with Gasteiger partial charge in [0.1, 0.15) is 0 Å². The van der Waals surface area contributed by atoms with E-state index in [9.17, 15) is 15.0 Å². The Kier molecular flexibility index (Phi) is 6.17. The van der Waals surface area contributed by atoms with E-state index in [4.69, 9.17) is 14.2 Å². The van der Waals surface area contributed by atoms with E-state index in [1.165, 1.54) is 12.2 Å². The van der Waals surface area contributed by atoms with Gasteiger partial charge in [-0.2, -0.15) is 0 Å². The van der Waals surface area contributed by atoms with Gasteiger partial charge in [-0.1, -0.05) is 12.2 Å². The van der Waals surface area contributed by atoms with Crippen molar-refractivity contribution in [3.63, 3.8) is 0 Å². The number of carbonyl (C=O) groups excluding carboxylic acids is 1. The van der Waals surface area contributed by atoms with Crippen LogP contribution in [0, 0.1) is 11.8 Å². The normalized spacial score (nSPS) is 27.3. The summed E-state index contributed by atoms with van der Waals surface area (Å²) >= 11 is 0. The number of esters is 1. The Balaban J connectivity index is 2.89. The van der Waals surface area contributed by atoms with Gasteiger partial charge in [0.2, 0.25) is 0 Å². The number of carbonyl (C=O) groups is 1. The predicted molar refractivity (Wildman–Crippen MR) is 66.8 cm³/mol. The second-order valence-corrected chi connectivity index (χ2v) is 4.13. The van der Waals surface area contributed by atoms with Crippen LogP contribution in [0.15, 0.2) is 25.3 Å². The molecule has 0 saturated carbocycles. The lowest BCUT2D eigenvalue weighted by Gasteiger charge is -2.28. The summed E-state index contributed by atoms with van der Waals surface area (Å²) in [5.74, 6) is -2.01. The smallest absolute Gasteiger partial charge is 0.312 e. The van der Waals surface area contributed by atoms with Crippen LogP contribution in [0.5, 0.6) is 0 Å².